The predicted octanol–water partition coefficient (Wildman–Crippen LogP) is 26.0. The van der Waals surface area contributed by atoms with Crippen LogP contribution in [0.25, 0.3) is 89.0 Å². The summed E-state index contributed by atoms with van der Waals surface area (Å²) in [5, 5.41) is 3.55. The second-order valence-electron chi connectivity index (χ2n) is 26.3. The Morgan fingerprint density at radius 1 is 0.216 bits per heavy atom. The highest BCUT2D eigenvalue weighted by molar-refractivity contribution is 9.10. The van der Waals surface area contributed by atoms with Crippen molar-refractivity contribution in [2.45, 2.75) is 10.8 Å². The molecule has 479 valence electrons. The van der Waals surface area contributed by atoms with Crippen molar-refractivity contribution in [3.05, 3.63) is 449 Å². The summed E-state index contributed by atoms with van der Waals surface area (Å²) in [5.41, 5.74) is 36.2. The van der Waals surface area contributed by atoms with Crippen molar-refractivity contribution in [3.63, 3.8) is 0 Å². The monoisotopic (exact) mass is 1360 g/mol. The molecule has 1 N–H and O–H groups in total. The van der Waals surface area contributed by atoms with Crippen molar-refractivity contribution < 1.29 is 0 Å². The van der Waals surface area contributed by atoms with E-state index in [1.807, 2.05) is 12.1 Å². The molecule has 16 aromatic rings. The SMILES string of the molecule is Brc1ccc2c(c1)C1(c3ccccc3-c3ccccc31)c1ccccc1-2.[B].c1ccc(-c2ccc(N(c3ccc4c(c3)C3(c5ccccc5-c5ccccc53)c3ccccc3-4)c3ccccc3-c3ccccc3)cc2)cc1.c1ccc(-c2ccc(Nc3ccccc3-c3ccccc3)cc2)cc1. The molecular weight excluding hydrogens is 1300 g/mol. The minimum atomic E-state index is -0.406. The number of benzene rings is 16. The van der Waals surface area contributed by atoms with Crippen LogP contribution in [0, 0.1) is 0 Å². The summed E-state index contributed by atoms with van der Waals surface area (Å²) < 4.78 is 1.13. The van der Waals surface area contributed by atoms with Gasteiger partial charge in [-0.15, -0.1) is 0 Å². The first-order valence-corrected chi connectivity index (χ1v) is 35.5. The third kappa shape index (κ3) is 10.6. The number of anilines is 5. The van der Waals surface area contributed by atoms with Gasteiger partial charge in [-0.1, -0.05) is 356 Å². The van der Waals surface area contributed by atoms with Gasteiger partial charge in [0.25, 0.3) is 0 Å². The van der Waals surface area contributed by atoms with Crippen LogP contribution >= 0.6 is 15.9 Å². The molecule has 4 aliphatic carbocycles. The van der Waals surface area contributed by atoms with Crippen LogP contribution in [0.15, 0.2) is 405 Å². The van der Waals surface area contributed by atoms with Gasteiger partial charge in [0.1, 0.15) is 0 Å². The molecule has 0 heterocycles. The highest BCUT2D eigenvalue weighted by Crippen LogP contribution is 2.65. The highest BCUT2D eigenvalue weighted by Gasteiger charge is 2.53. The number of fused-ring (bicyclic) bond motifs is 20. The topological polar surface area (TPSA) is 15.3 Å². The molecule has 2 spiro atoms. The van der Waals surface area contributed by atoms with Crippen LogP contribution in [-0.4, -0.2) is 8.41 Å². The van der Waals surface area contributed by atoms with E-state index in [0.29, 0.717) is 0 Å². The number of nitrogens with one attached hydrogen (secondary N) is 1. The van der Waals surface area contributed by atoms with Crippen LogP contribution in [0.3, 0.4) is 0 Å². The fourth-order valence-corrected chi connectivity index (χ4v) is 17.0. The average Bonchev–Trinajstić information content (AvgIpc) is 1.52. The lowest BCUT2D eigenvalue weighted by Gasteiger charge is -2.32. The van der Waals surface area contributed by atoms with Gasteiger partial charge in [-0.2, -0.15) is 0 Å². The van der Waals surface area contributed by atoms with Gasteiger partial charge in [0.2, 0.25) is 0 Å². The summed E-state index contributed by atoms with van der Waals surface area (Å²) >= 11 is 3.72. The number of nitrogens with zero attached hydrogens (tertiary/aromatic N) is 1. The van der Waals surface area contributed by atoms with Crippen molar-refractivity contribution >= 4 is 52.8 Å². The van der Waals surface area contributed by atoms with E-state index in [4.69, 9.17) is 0 Å². The third-order valence-corrected chi connectivity index (χ3v) is 21.4. The first-order valence-electron chi connectivity index (χ1n) is 34.7. The van der Waals surface area contributed by atoms with Crippen molar-refractivity contribution in [1.29, 1.82) is 0 Å². The van der Waals surface area contributed by atoms with E-state index in [9.17, 15) is 0 Å². The summed E-state index contributed by atoms with van der Waals surface area (Å²) in [6.45, 7) is 0. The van der Waals surface area contributed by atoms with Crippen LogP contribution in [0.5, 0.6) is 0 Å². The quantitative estimate of drug-likeness (QED) is 0.145. The number of hydrogen-bond acceptors (Lipinski definition) is 2. The summed E-state index contributed by atoms with van der Waals surface area (Å²) in [6, 6.07) is 145. The zero-order valence-corrected chi connectivity index (χ0v) is 57.6. The molecule has 4 aliphatic rings. The van der Waals surface area contributed by atoms with Crippen LogP contribution in [-0.2, 0) is 10.8 Å². The molecule has 0 saturated carbocycles. The average molecular weight is 1360 g/mol. The number of halogens is 1. The third-order valence-electron chi connectivity index (χ3n) is 20.9. The van der Waals surface area contributed by atoms with E-state index >= 15 is 0 Å². The Balaban J connectivity index is 0.000000125. The maximum absolute atomic E-state index is 3.72. The maximum atomic E-state index is 3.72. The van der Waals surface area contributed by atoms with Crippen LogP contribution in [0.4, 0.5) is 28.4 Å². The second-order valence-corrected chi connectivity index (χ2v) is 27.2. The summed E-state index contributed by atoms with van der Waals surface area (Å²) in [7, 11) is 0. The Labute approximate surface area is 608 Å². The minimum absolute atomic E-state index is 0. The van der Waals surface area contributed by atoms with Gasteiger partial charge in [0.15, 0.2) is 0 Å². The van der Waals surface area contributed by atoms with E-state index in [2.05, 4.69) is 414 Å². The molecule has 3 radical (unpaired) electrons. The van der Waals surface area contributed by atoms with Gasteiger partial charge in [0.05, 0.1) is 16.5 Å². The van der Waals surface area contributed by atoms with E-state index < -0.39 is 5.41 Å². The normalized spacial score (nSPS) is 12.6. The first kappa shape index (κ1) is 63.1. The lowest BCUT2D eigenvalue weighted by atomic mass is 9.70. The van der Waals surface area contributed by atoms with Gasteiger partial charge < -0.3 is 10.2 Å². The van der Waals surface area contributed by atoms with E-state index in [-0.39, 0.29) is 13.8 Å². The van der Waals surface area contributed by atoms with Gasteiger partial charge in [-0.05, 0) is 183 Å². The molecule has 0 bridgehead atoms. The summed E-state index contributed by atoms with van der Waals surface area (Å²) in [4.78, 5) is 2.45. The number of para-hydroxylation sites is 2. The van der Waals surface area contributed by atoms with E-state index in [1.165, 1.54) is 134 Å². The lowest BCUT2D eigenvalue weighted by Crippen LogP contribution is -2.26. The molecular formula is C98H67BBrN2. The summed E-state index contributed by atoms with van der Waals surface area (Å²) in [6.07, 6.45) is 0. The molecule has 0 saturated heterocycles. The molecule has 0 unspecified atom stereocenters. The molecule has 2 nitrogen and oxygen atoms in total. The molecule has 0 fully saturated rings. The van der Waals surface area contributed by atoms with Gasteiger partial charge in [-0.3, -0.25) is 0 Å². The van der Waals surface area contributed by atoms with Gasteiger partial charge in [0, 0.05) is 46.8 Å². The number of hydrogen-bond donors (Lipinski definition) is 1. The van der Waals surface area contributed by atoms with Crippen molar-refractivity contribution in [1.82, 2.24) is 0 Å². The smallest absolute Gasteiger partial charge is 0.0726 e. The predicted molar refractivity (Wildman–Crippen MR) is 432 cm³/mol. The largest absolute Gasteiger partial charge is 0.355 e. The maximum Gasteiger partial charge on any atom is 0.0726 e. The Hall–Kier alpha value is -12.3. The Morgan fingerprint density at radius 2 is 0.510 bits per heavy atom. The first-order chi connectivity index (χ1) is 50.0. The Morgan fingerprint density at radius 3 is 0.941 bits per heavy atom. The summed E-state index contributed by atoms with van der Waals surface area (Å²) in [5.74, 6) is 0. The van der Waals surface area contributed by atoms with E-state index in [1.54, 1.807) is 0 Å². The van der Waals surface area contributed by atoms with Gasteiger partial charge >= 0.3 is 0 Å². The zero-order chi connectivity index (χ0) is 67.3. The molecule has 0 aliphatic heterocycles. The van der Waals surface area contributed by atoms with Crippen molar-refractivity contribution in [3.8, 4) is 89.0 Å². The second kappa shape index (κ2) is 26.7. The fraction of sp³-hybridized carbons (Fsp3) is 0.0204. The molecule has 0 amide bonds. The van der Waals surface area contributed by atoms with Crippen LogP contribution < -0.4 is 10.2 Å². The molecule has 4 heteroatoms. The zero-order valence-electron chi connectivity index (χ0n) is 56.0. The molecule has 0 atom stereocenters. The Bertz CT molecular complexity index is 5630. The van der Waals surface area contributed by atoms with Crippen LogP contribution in [0.1, 0.15) is 44.5 Å². The lowest BCUT2D eigenvalue weighted by molar-refractivity contribution is 0.793. The van der Waals surface area contributed by atoms with E-state index in [0.717, 1.165) is 32.9 Å². The molecule has 16 aromatic carbocycles. The minimum Gasteiger partial charge on any atom is -0.355 e. The fourth-order valence-electron chi connectivity index (χ4n) is 16.7. The van der Waals surface area contributed by atoms with Crippen molar-refractivity contribution in [2.24, 2.45) is 0 Å². The standard InChI is InChI=1S/C49H33N.C25H15Br.C24H19N.B/c1-3-15-34(16-4-1)35-27-29-37(30-28-35)50(48-26-14-10-19-39(48)36-17-5-2-6-18-36)38-31-32-43-42-22-9-13-25-46(42)49(47(43)33-38)44-23-11-7-20-40(44)41-21-8-12-24-45(41)49;26-16-13-14-20-19-9-3-6-12-23(19)25(24(20)15-16)21-10-4-1-7-17(21)18-8-2-5-11-22(18)25;1-3-9-19(10-4-1)20-15-17-22(18-16-20)25-24-14-8-7-13-23(24)21-11-5-2-6-12-21;/h1-33H;1-15H;1-18,25H;. The molecule has 0 aromatic heterocycles. The molecule has 20 rings (SSSR count). The molecule has 102 heavy (non-hydrogen) atoms. The van der Waals surface area contributed by atoms with Crippen LogP contribution in [0.2, 0.25) is 0 Å². The van der Waals surface area contributed by atoms with Crippen molar-refractivity contribution in [2.75, 3.05) is 10.2 Å². The number of rotatable bonds is 9. The highest BCUT2D eigenvalue weighted by atomic mass is 79.9. The van der Waals surface area contributed by atoms with Gasteiger partial charge in [-0.25, -0.2) is 0 Å². The Kier molecular flexibility index (Phi) is 16.5.